The van der Waals surface area contributed by atoms with E-state index in [1.54, 1.807) is 12.0 Å². The second-order valence-corrected chi connectivity index (χ2v) is 9.09. The number of aliphatic carboxylic acids is 1. The molecular formula is C27H34N2O6. The van der Waals surface area contributed by atoms with Crippen molar-refractivity contribution in [3.8, 4) is 11.1 Å². The number of methoxy groups -OCH3 is 1. The van der Waals surface area contributed by atoms with Gasteiger partial charge in [0.1, 0.15) is 12.6 Å². The summed E-state index contributed by atoms with van der Waals surface area (Å²) in [6, 6.07) is 14.9. The number of nitrogens with zero attached hydrogens (tertiary/aromatic N) is 1. The molecule has 0 aromatic heterocycles. The number of amides is 2. The molecule has 8 nitrogen and oxygen atoms in total. The van der Waals surface area contributed by atoms with Crippen molar-refractivity contribution in [3.05, 3.63) is 59.7 Å². The van der Waals surface area contributed by atoms with E-state index in [1.165, 1.54) is 0 Å². The molecule has 0 radical (unpaired) electrons. The van der Waals surface area contributed by atoms with Crippen molar-refractivity contribution in [3.63, 3.8) is 0 Å². The number of alkyl carbamates (subject to hydrolysis) is 1. The molecule has 0 spiro atoms. The van der Waals surface area contributed by atoms with Crippen LogP contribution in [0.4, 0.5) is 4.79 Å². The maximum Gasteiger partial charge on any atom is 0.407 e. The molecule has 0 heterocycles. The molecule has 188 valence electrons. The van der Waals surface area contributed by atoms with Gasteiger partial charge in [0.15, 0.2) is 0 Å². The van der Waals surface area contributed by atoms with Crippen molar-refractivity contribution in [1.29, 1.82) is 0 Å². The maximum atomic E-state index is 13.3. The number of carboxylic acids is 1. The van der Waals surface area contributed by atoms with Crippen LogP contribution < -0.4 is 5.32 Å². The van der Waals surface area contributed by atoms with Crippen LogP contribution in [0.5, 0.6) is 0 Å². The number of rotatable bonds is 11. The lowest BCUT2D eigenvalue weighted by molar-refractivity contribution is -0.139. The van der Waals surface area contributed by atoms with Crippen LogP contribution >= 0.6 is 0 Å². The Morgan fingerprint density at radius 3 is 2.09 bits per heavy atom. The van der Waals surface area contributed by atoms with Crippen molar-refractivity contribution in [2.45, 2.75) is 57.7 Å². The van der Waals surface area contributed by atoms with Gasteiger partial charge < -0.3 is 24.8 Å². The normalized spacial score (nSPS) is 14.1. The lowest BCUT2D eigenvalue weighted by Crippen LogP contribution is -2.52. The molecule has 8 heteroatoms. The van der Waals surface area contributed by atoms with Gasteiger partial charge in [0.2, 0.25) is 5.91 Å². The first kappa shape index (κ1) is 26.2. The second kappa shape index (κ2) is 11.8. The van der Waals surface area contributed by atoms with Crippen molar-refractivity contribution >= 4 is 18.0 Å². The van der Waals surface area contributed by atoms with Crippen LogP contribution in [-0.4, -0.2) is 66.4 Å². The van der Waals surface area contributed by atoms with Gasteiger partial charge in [-0.1, -0.05) is 48.5 Å². The van der Waals surface area contributed by atoms with Gasteiger partial charge in [0, 0.05) is 32.0 Å². The van der Waals surface area contributed by atoms with Gasteiger partial charge in [-0.2, -0.15) is 0 Å². The Labute approximate surface area is 206 Å². The van der Waals surface area contributed by atoms with Crippen LogP contribution in [-0.2, 0) is 19.1 Å². The smallest absolute Gasteiger partial charge is 0.407 e. The number of nitrogens with one attached hydrogen (secondary N) is 1. The molecule has 2 atom stereocenters. The zero-order valence-electron chi connectivity index (χ0n) is 20.7. The SMILES string of the molecule is COC(C)CN(C(=O)C(CCC(=O)O)NC(=O)OCC1c2ccccc2-c2ccccc21)C(C)C. The average molecular weight is 483 g/mol. The fraction of sp³-hybridized carbons (Fsp3) is 0.444. The van der Waals surface area contributed by atoms with Crippen molar-refractivity contribution in [1.82, 2.24) is 10.2 Å². The Bertz CT molecular complexity index is 1010. The molecule has 2 unspecified atom stereocenters. The number of ether oxygens (including phenoxy) is 2. The zero-order valence-corrected chi connectivity index (χ0v) is 20.7. The van der Waals surface area contributed by atoms with E-state index in [-0.39, 0.29) is 43.4 Å². The Kier molecular flexibility index (Phi) is 8.87. The summed E-state index contributed by atoms with van der Waals surface area (Å²) in [7, 11) is 1.56. The Morgan fingerprint density at radius 2 is 1.57 bits per heavy atom. The summed E-state index contributed by atoms with van der Waals surface area (Å²) < 4.78 is 10.9. The predicted molar refractivity (Wildman–Crippen MR) is 132 cm³/mol. The molecule has 2 N–H and O–H groups in total. The van der Waals surface area contributed by atoms with E-state index >= 15 is 0 Å². The summed E-state index contributed by atoms with van der Waals surface area (Å²) in [6.07, 6.45) is -1.26. The van der Waals surface area contributed by atoms with Gasteiger partial charge in [0.25, 0.3) is 0 Å². The third kappa shape index (κ3) is 6.39. The first-order valence-corrected chi connectivity index (χ1v) is 11.9. The van der Waals surface area contributed by atoms with Gasteiger partial charge in [-0.15, -0.1) is 0 Å². The molecule has 0 saturated heterocycles. The Balaban J connectivity index is 1.71. The Hall–Kier alpha value is -3.39. The fourth-order valence-electron chi connectivity index (χ4n) is 4.41. The summed E-state index contributed by atoms with van der Waals surface area (Å²) in [5.74, 6) is -1.52. The molecule has 35 heavy (non-hydrogen) atoms. The first-order valence-electron chi connectivity index (χ1n) is 11.9. The summed E-state index contributed by atoms with van der Waals surface area (Å²) in [5, 5.41) is 11.8. The van der Waals surface area contributed by atoms with E-state index in [9.17, 15) is 14.4 Å². The minimum Gasteiger partial charge on any atom is -0.481 e. The molecule has 2 aromatic carbocycles. The maximum absolute atomic E-state index is 13.3. The van der Waals surface area contributed by atoms with Gasteiger partial charge in [-0.3, -0.25) is 9.59 Å². The van der Waals surface area contributed by atoms with Crippen LogP contribution in [0.25, 0.3) is 11.1 Å². The predicted octanol–water partition coefficient (Wildman–Crippen LogP) is 4.03. The minimum atomic E-state index is -1.04. The Morgan fingerprint density at radius 1 is 1.00 bits per heavy atom. The van der Waals surface area contributed by atoms with E-state index < -0.39 is 18.1 Å². The highest BCUT2D eigenvalue weighted by atomic mass is 16.5. The van der Waals surface area contributed by atoms with Crippen LogP contribution in [0, 0.1) is 0 Å². The first-order chi connectivity index (χ1) is 16.7. The van der Waals surface area contributed by atoms with E-state index in [0.29, 0.717) is 6.54 Å². The molecule has 2 aromatic rings. The summed E-state index contributed by atoms with van der Waals surface area (Å²) in [5.41, 5.74) is 4.40. The van der Waals surface area contributed by atoms with Crippen LogP contribution in [0.3, 0.4) is 0 Å². The highest BCUT2D eigenvalue weighted by Crippen LogP contribution is 2.44. The fourth-order valence-corrected chi connectivity index (χ4v) is 4.41. The number of carbonyl (C=O) groups is 3. The number of fused-ring (bicyclic) bond motifs is 3. The van der Waals surface area contributed by atoms with Crippen molar-refractivity contribution in [2.24, 2.45) is 0 Å². The monoisotopic (exact) mass is 482 g/mol. The third-order valence-electron chi connectivity index (χ3n) is 6.34. The van der Waals surface area contributed by atoms with Gasteiger partial charge in [-0.05, 0) is 49.4 Å². The molecule has 3 rings (SSSR count). The highest BCUT2D eigenvalue weighted by Gasteiger charge is 2.32. The molecule has 0 saturated carbocycles. The average Bonchev–Trinajstić information content (AvgIpc) is 3.16. The molecule has 1 aliphatic carbocycles. The van der Waals surface area contributed by atoms with E-state index in [0.717, 1.165) is 22.3 Å². The molecule has 2 amide bonds. The topological polar surface area (TPSA) is 105 Å². The molecular weight excluding hydrogens is 448 g/mol. The van der Waals surface area contributed by atoms with Crippen molar-refractivity contribution in [2.75, 3.05) is 20.3 Å². The van der Waals surface area contributed by atoms with Crippen LogP contribution in [0.15, 0.2) is 48.5 Å². The standard InChI is InChI=1S/C27H34N2O6/c1-17(2)29(15-18(3)34-4)26(32)24(13-14-25(30)31)28-27(33)35-16-23-21-11-7-5-9-19(21)20-10-6-8-12-22(20)23/h5-12,17-18,23-24H,13-16H2,1-4H3,(H,28,33)(H,30,31). The highest BCUT2D eigenvalue weighted by molar-refractivity contribution is 5.86. The quantitative estimate of drug-likeness (QED) is 0.501. The second-order valence-electron chi connectivity index (χ2n) is 9.09. The lowest BCUT2D eigenvalue weighted by atomic mass is 9.98. The zero-order chi connectivity index (χ0) is 25.5. The number of carbonyl (C=O) groups excluding carboxylic acids is 2. The number of carboxylic acid groups (broad SMARTS) is 1. The molecule has 0 aliphatic heterocycles. The molecule has 0 bridgehead atoms. The molecule has 1 aliphatic rings. The number of hydrogen-bond acceptors (Lipinski definition) is 5. The number of benzene rings is 2. The van der Waals surface area contributed by atoms with Gasteiger partial charge in [-0.25, -0.2) is 4.79 Å². The summed E-state index contributed by atoms with van der Waals surface area (Å²) >= 11 is 0. The van der Waals surface area contributed by atoms with Crippen LogP contribution in [0.2, 0.25) is 0 Å². The molecule has 0 fully saturated rings. The summed E-state index contributed by atoms with van der Waals surface area (Å²) in [6.45, 7) is 5.99. The minimum absolute atomic E-state index is 0.0387. The van der Waals surface area contributed by atoms with E-state index in [1.807, 2.05) is 57.2 Å². The lowest BCUT2D eigenvalue weighted by Gasteiger charge is -2.32. The van der Waals surface area contributed by atoms with Gasteiger partial charge >= 0.3 is 12.1 Å². The number of hydrogen-bond donors (Lipinski definition) is 2. The van der Waals surface area contributed by atoms with Gasteiger partial charge in [0.05, 0.1) is 6.10 Å². The summed E-state index contributed by atoms with van der Waals surface area (Å²) in [4.78, 5) is 38.8. The van der Waals surface area contributed by atoms with Crippen molar-refractivity contribution < 1.29 is 29.0 Å². The van der Waals surface area contributed by atoms with E-state index in [2.05, 4.69) is 17.4 Å². The third-order valence-corrected chi connectivity index (χ3v) is 6.34. The van der Waals surface area contributed by atoms with E-state index in [4.69, 9.17) is 14.6 Å². The largest absolute Gasteiger partial charge is 0.481 e. The van der Waals surface area contributed by atoms with Crippen LogP contribution in [0.1, 0.15) is 50.7 Å².